The number of nitrogens with zero attached hydrogens (tertiary/aromatic N) is 1. The summed E-state index contributed by atoms with van der Waals surface area (Å²) in [6.07, 6.45) is 2.21. The van der Waals surface area contributed by atoms with Crippen LogP contribution >= 0.6 is 0 Å². The van der Waals surface area contributed by atoms with Gasteiger partial charge >= 0.3 is 0 Å². The van der Waals surface area contributed by atoms with Crippen molar-refractivity contribution in [3.8, 4) is 0 Å². The van der Waals surface area contributed by atoms with E-state index in [-0.39, 0.29) is 11.9 Å². The van der Waals surface area contributed by atoms with Crippen LogP contribution in [0.4, 0.5) is 0 Å². The van der Waals surface area contributed by atoms with Crippen LogP contribution in [0.2, 0.25) is 0 Å². The zero-order valence-corrected chi connectivity index (χ0v) is 13.0. The van der Waals surface area contributed by atoms with Crippen LogP contribution in [0, 0.1) is 13.8 Å². The Bertz CT molecular complexity index is 674. The van der Waals surface area contributed by atoms with Gasteiger partial charge in [0.1, 0.15) is 0 Å². The van der Waals surface area contributed by atoms with Crippen LogP contribution in [0.3, 0.4) is 0 Å². The highest BCUT2D eigenvalue weighted by molar-refractivity contribution is 6.08. The van der Waals surface area contributed by atoms with E-state index in [1.807, 2.05) is 25.1 Å². The van der Waals surface area contributed by atoms with Crippen LogP contribution in [-0.4, -0.2) is 42.0 Å². The van der Waals surface area contributed by atoms with Crippen LogP contribution < -0.4 is 5.32 Å². The lowest BCUT2D eigenvalue weighted by molar-refractivity contribution is 0.0914. The second-order valence-electron chi connectivity index (χ2n) is 6.18. The molecule has 21 heavy (non-hydrogen) atoms. The molecule has 1 aromatic heterocycles. The maximum absolute atomic E-state index is 12.7. The van der Waals surface area contributed by atoms with Crippen molar-refractivity contribution in [2.24, 2.45) is 0 Å². The van der Waals surface area contributed by atoms with Gasteiger partial charge in [0.15, 0.2) is 0 Å². The summed E-state index contributed by atoms with van der Waals surface area (Å²) in [5.74, 6) is 0.0444. The van der Waals surface area contributed by atoms with Gasteiger partial charge < -0.3 is 15.2 Å². The highest BCUT2D eigenvalue weighted by Crippen LogP contribution is 2.25. The summed E-state index contributed by atoms with van der Waals surface area (Å²) in [6.45, 7) is 6.18. The maximum Gasteiger partial charge on any atom is 0.252 e. The predicted molar refractivity (Wildman–Crippen MR) is 85.8 cm³/mol. The van der Waals surface area contributed by atoms with Gasteiger partial charge in [-0.15, -0.1) is 0 Å². The Balaban J connectivity index is 1.88. The van der Waals surface area contributed by atoms with E-state index in [0.29, 0.717) is 0 Å². The molecule has 1 saturated heterocycles. The molecule has 1 aliphatic heterocycles. The van der Waals surface area contributed by atoms with Crippen LogP contribution in [0.5, 0.6) is 0 Å². The number of hydrogen-bond donors (Lipinski definition) is 2. The van der Waals surface area contributed by atoms with E-state index in [0.717, 1.165) is 53.7 Å². The maximum atomic E-state index is 12.7. The summed E-state index contributed by atoms with van der Waals surface area (Å²) in [4.78, 5) is 18.3. The Morgan fingerprint density at radius 3 is 2.95 bits per heavy atom. The fraction of sp³-hybridized carbons (Fsp3) is 0.471. The average molecular weight is 285 g/mol. The monoisotopic (exact) mass is 285 g/mol. The molecular formula is C17H23N3O. The molecule has 0 bridgehead atoms. The van der Waals surface area contributed by atoms with E-state index in [9.17, 15) is 4.79 Å². The molecule has 1 amide bonds. The smallest absolute Gasteiger partial charge is 0.252 e. The van der Waals surface area contributed by atoms with Crippen LogP contribution in [0.15, 0.2) is 18.2 Å². The number of carbonyl (C=O) groups excluding carboxylic acids is 1. The summed E-state index contributed by atoms with van der Waals surface area (Å²) in [5, 5.41) is 4.25. The summed E-state index contributed by atoms with van der Waals surface area (Å²) in [7, 11) is 2.11. The van der Waals surface area contributed by atoms with Crippen LogP contribution in [0.25, 0.3) is 10.9 Å². The third kappa shape index (κ3) is 2.68. The number of H-pyrrole nitrogens is 1. The van der Waals surface area contributed by atoms with Crippen molar-refractivity contribution >= 4 is 16.8 Å². The first-order valence-corrected chi connectivity index (χ1v) is 7.63. The largest absolute Gasteiger partial charge is 0.358 e. The minimum Gasteiger partial charge on any atom is -0.358 e. The Morgan fingerprint density at radius 1 is 1.38 bits per heavy atom. The standard InChI is InChI=1S/C17H23N3O/c1-11-12(2)18-15-8-4-7-14(16(11)15)17(21)19-13-6-5-9-20(3)10-13/h4,7-8,13,18H,5-6,9-10H2,1-3H3,(H,19,21)/t13-/m0/s1. The summed E-state index contributed by atoms with van der Waals surface area (Å²) in [6, 6.07) is 6.15. The van der Waals surface area contributed by atoms with Gasteiger partial charge in [0.2, 0.25) is 0 Å². The van der Waals surface area contributed by atoms with Gasteiger partial charge in [0.25, 0.3) is 5.91 Å². The zero-order valence-electron chi connectivity index (χ0n) is 13.0. The summed E-state index contributed by atoms with van der Waals surface area (Å²) < 4.78 is 0. The van der Waals surface area contributed by atoms with Crippen molar-refractivity contribution in [1.82, 2.24) is 15.2 Å². The number of carbonyl (C=O) groups is 1. The van der Waals surface area contributed by atoms with Crippen LogP contribution in [0.1, 0.15) is 34.5 Å². The number of amides is 1. The average Bonchev–Trinajstić information content (AvgIpc) is 2.74. The first-order valence-electron chi connectivity index (χ1n) is 7.63. The minimum atomic E-state index is 0.0444. The summed E-state index contributed by atoms with van der Waals surface area (Å²) in [5.41, 5.74) is 4.11. The van der Waals surface area contributed by atoms with E-state index in [4.69, 9.17) is 0 Å². The highest BCUT2D eigenvalue weighted by atomic mass is 16.1. The fourth-order valence-corrected chi connectivity index (χ4v) is 3.28. The van der Waals surface area contributed by atoms with Crippen molar-refractivity contribution in [3.63, 3.8) is 0 Å². The topological polar surface area (TPSA) is 48.1 Å². The SMILES string of the molecule is Cc1[nH]c2cccc(C(=O)N[C@H]3CCCN(C)C3)c2c1C. The Kier molecular flexibility index (Phi) is 3.72. The Labute approximate surface area is 125 Å². The molecule has 112 valence electrons. The third-order valence-corrected chi connectivity index (χ3v) is 4.53. The minimum absolute atomic E-state index is 0.0444. The van der Waals surface area contributed by atoms with E-state index >= 15 is 0 Å². The van der Waals surface area contributed by atoms with Gasteiger partial charge in [-0.25, -0.2) is 0 Å². The molecule has 0 aliphatic carbocycles. The molecule has 2 aromatic rings. The van der Waals surface area contributed by atoms with Gasteiger partial charge in [-0.05, 0) is 58.0 Å². The molecule has 3 rings (SSSR count). The predicted octanol–water partition coefficient (Wildman–Crippen LogP) is 2.61. The van der Waals surface area contributed by atoms with Crippen LogP contribution in [-0.2, 0) is 0 Å². The molecule has 0 saturated carbocycles. The number of nitrogens with one attached hydrogen (secondary N) is 2. The molecule has 1 aromatic carbocycles. The molecule has 2 N–H and O–H groups in total. The Morgan fingerprint density at radius 2 is 2.19 bits per heavy atom. The van der Waals surface area contributed by atoms with Crippen molar-refractivity contribution in [1.29, 1.82) is 0 Å². The first kappa shape index (κ1) is 14.1. The lowest BCUT2D eigenvalue weighted by Gasteiger charge is -2.30. The van der Waals surface area contributed by atoms with Gasteiger partial charge in [-0.1, -0.05) is 6.07 Å². The molecule has 0 unspecified atom stereocenters. The molecule has 0 radical (unpaired) electrons. The fourth-order valence-electron chi connectivity index (χ4n) is 3.28. The van der Waals surface area contributed by atoms with Crippen molar-refractivity contribution < 1.29 is 4.79 Å². The summed E-state index contributed by atoms with van der Waals surface area (Å²) >= 11 is 0. The van der Waals surface area contributed by atoms with E-state index in [2.05, 4.69) is 29.2 Å². The van der Waals surface area contributed by atoms with E-state index in [1.165, 1.54) is 0 Å². The second-order valence-corrected chi connectivity index (χ2v) is 6.18. The molecule has 4 heteroatoms. The molecule has 4 nitrogen and oxygen atoms in total. The number of piperidine rings is 1. The molecule has 0 spiro atoms. The number of likely N-dealkylation sites (tertiary alicyclic amines) is 1. The number of benzene rings is 1. The third-order valence-electron chi connectivity index (χ3n) is 4.53. The molecule has 1 atom stereocenters. The number of hydrogen-bond acceptors (Lipinski definition) is 2. The van der Waals surface area contributed by atoms with Crippen molar-refractivity contribution in [2.75, 3.05) is 20.1 Å². The Hall–Kier alpha value is -1.81. The number of aromatic nitrogens is 1. The molecule has 2 heterocycles. The lowest BCUT2D eigenvalue weighted by atomic mass is 10.0. The van der Waals surface area contributed by atoms with E-state index in [1.54, 1.807) is 0 Å². The number of aryl methyl sites for hydroxylation is 2. The molecule has 1 fully saturated rings. The van der Waals surface area contributed by atoms with Gasteiger partial charge in [-0.3, -0.25) is 4.79 Å². The van der Waals surface area contributed by atoms with E-state index < -0.39 is 0 Å². The van der Waals surface area contributed by atoms with Gasteiger partial charge in [0, 0.05) is 34.7 Å². The van der Waals surface area contributed by atoms with Gasteiger partial charge in [-0.2, -0.15) is 0 Å². The van der Waals surface area contributed by atoms with Crippen molar-refractivity contribution in [2.45, 2.75) is 32.7 Å². The number of aromatic amines is 1. The molecular weight excluding hydrogens is 262 g/mol. The number of fused-ring (bicyclic) bond motifs is 1. The zero-order chi connectivity index (χ0) is 15.0. The lowest BCUT2D eigenvalue weighted by Crippen LogP contribution is -2.46. The van der Waals surface area contributed by atoms with Crippen molar-refractivity contribution in [3.05, 3.63) is 35.0 Å². The first-order chi connectivity index (χ1) is 10.1. The highest BCUT2D eigenvalue weighted by Gasteiger charge is 2.21. The quantitative estimate of drug-likeness (QED) is 0.891. The normalized spacial score (nSPS) is 19.9. The molecule has 1 aliphatic rings. The number of likely N-dealkylation sites (N-methyl/N-ethyl adjacent to an activating group) is 1. The van der Waals surface area contributed by atoms with Gasteiger partial charge in [0.05, 0.1) is 0 Å². The number of rotatable bonds is 2. The second kappa shape index (κ2) is 5.53.